The number of hydrogen-bond acceptors (Lipinski definition) is 5. The van der Waals surface area contributed by atoms with Gasteiger partial charge in [-0.2, -0.15) is 0 Å². The van der Waals surface area contributed by atoms with E-state index in [1.54, 1.807) is 0 Å². The van der Waals surface area contributed by atoms with Crippen LogP contribution in [0.1, 0.15) is 10.4 Å². The molecule has 7 nitrogen and oxygen atoms in total. The largest absolute Gasteiger partial charge is 0.384 e. The van der Waals surface area contributed by atoms with Gasteiger partial charge in [0.05, 0.1) is 16.8 Å². The highest BCUT2D eigenvalue weighted by Gasteiger charge is 2.11. The Labute approximate surface area is 110 Å². The SMILES string of the molecule is CS(=O)(=O)NCCNC(=O)c1cc(N)ncc1Cl. The number of carbonyl (C=O) groups is 1. The maximum Gasteiger partial charge on any atom is 0.253 e. The number of nitrogens with zero attached hydrogens (tertiary/aromatic N) is 1. The molecule has 0 aromatic carbocycles. The molecule has 1 aromatic heterocycles. The summed E-state index contributed by atoms with van der Waals surface area (Å²) in [5.74, 6) is -0.261. The topological polar surface area (TPSA) is 114 Å². The third-order valence-electron chi connectivity index (χ3n) is 1.90. The lowest BCUT2D eigenvalue weighted by atomic mass is 10.2. The van der Waals surface area contributed by atoms with Gasteiger partial charge in [0.2, 0.25) is 10.0 Å². The lowest BCUT2D eigenvalue weighted by Crippen LogP contribution is -2.34. The van der Waals surface area contributed by atoms with Gasteiger partial charge < -0.3 is 11.1 Å². The lowest BCUT2D eigenvalue weighted by molar-refractivity contribution is 0.0954. The summed E-state index contributed by atoms with van der Waals surface area (Å²) in [4.78, 5) is 15.4. The number of nitrogens with one attached hydrogen (secondary N) is 2. The molecule has 0 bridgehead atoms. The maximum atomic E-state index is 11.7. The highest BCUT2D eigenvalue weighted by atomic mass is 35.5. The number of carbonyl (C=O) groups excluding carboxylic acids is 1. The minimum Gasteiger partial charge on any atom is -0.384 e. The Morgan fingerprint density at radius 1 is 1.50 bits per heavy atom. The molecule has 1 heterocycles. The van der Waals surface area contributed by atoms with Gasteiger partial charge in [0.15, 0.2) is 0 Å². The van der Waals surface area contributed by atoms with Crippen molar-refractivity contribution >= 4 is 33.3 Å². The average Bonchev–Trinajstić information content (AvgIpc) is 2.26. The minimum atomic E-state index is -3.26. The van der Waals surface area contributed by atoms with E-state index in [1.807, 2.05) is 0 Å². The van der Waals surface area contributed by atoms with Gasteiger partial charge in [0.1, 0.15) is 5.82 Å². The van der Waals surface area contributed by atoms with Crippen LogP contribution in [-0.4, -0.2) is 38.7 Å². The molecule has 0 radical (unpaired) electrons. The van der Waals surface area contributed by atoms with Crippen molar-refractivity contribution in [3.8, 4) is 0 Å². The highest BCUT2D eigenvalue weighted by Crippen LogP contribution is 2.15. The van der Waals surface area contributed by atoms with Gasteiger partial charge in [0, 0.05) is 19.3 Å². The maximum absolute atomic E-state index is 11.7. The number of anilines is 1. The van der Waals surface area contributed by atoms with Crippen LogP contribution < -0.4 is 15.8 Å². The predicted octanol–water partition coefficient (Wildman–Crippen LogP) is -0.404. The van der Waals surface area contributed by atoms with Crippen molar-refractivity contribution in [1.29, 1.82) is 0 Å². The summed E-state index contributed by atoms with van der Waals surface area (Å²) < 4.78 is 23.8. The Balaban J connectivity index is 2.53. The van der Waals surface area contributed by atoms with Crippen molar-refractivity contribution in [2.45, 2.75) is 0 Å². The number of pyridine rings is 1. The van der Waals surface area contributed by atoms with Crippen molar-refractivity contribution in [1.82, 2.24) is 15.0 Å². The zero-order valence-electron chi connectivity index (χ0n) is 9.60. The standard InChI is InChI=1S/C9H13ClN4O3S/c1-18(16,17)14-3-2-12-9(15)6-4-8(11)13-5-7(6)10/h4-5,14H,2-3H2,1H3,(H2,11,13)(H,12,15). The molecule has 9 heteroatoms. The van der Waals surface area contributed by atoms with Crippen LogP contribution in [0, 0.1) is 0 Å². The fraction of sp³-hybridized carbons (Fsp3) is 0.333. The van der Waals surface area contributed by atoms with Crippen LogP contribution >= 0.6 is 11.6 Å². The van der Waals surface area contributed by atoms with Gasteiger partial charge in [-0.05, 0) is 6.07 Å². The molecule has 0 saturated carbocycles. The number of nitrogens with two attached hydrogens (primary N) is 1. The van der Waals surface area contributed by atoms with E-state index in [4.69, 9.17) is 17.3 Å². The first-order valence-corrected chi connectivity index (χ1v) is 7.20. The number of sulfonamides is 1. The highest BCUT2D eigenvalue weighted by molar-refractivity contribution is 7.88. The Kier molecular flexibility index (Phi) is 4.88. The van der Waals surface area contributed by atoms with Crippen LogP contribution in [0.15, 0.2) is 12.3 Å². The van der Waals surface area contributed by atoms with E-state index in [9.17, 15) is 13.2 Å². The van der Waals surface area contributed by atoms with E-state index in [-0.39, 0.29) is 29.5 Å². The fourth-order valence-electron chi connectivity index (χ4n) is 1.14. The number of hydrogen-bond donors (Lipinski definition) is 3. The molecule has 0 aliphatic heterocycles. The first kappa shape index (κ1) is 14.7. The third kappa shape index (κ3) is 4.86. The minimum absolute atomic E-state index is 0.1000. The fourth-order valence-corrected chi connectivity index (χ4v) is 1.80. The van der Waals surface area contributed by atoms with Crippen LogP contribution in [0.25, 0.3) is 0 Å². The van der Waals surface area contributed by atoms with Gasteiger partial charge in [-0.15, -0.1) is 0 Å². The van der Waals surface area contributed by atoms with E-state index in [1.165, 1.54) is 12.3 Å². The summed E-state index contributed by atoms with van der Waals surface area (Å²) in [6.07, 6.45) is 2.32. The second-order valence-corrected chi connectivity index (χ2v) is 5.75. The summed E-state index contributed by atoms with van der Waals surface area (Å²) in [6, 6.07) is 1.35. The van der Waals surface area contributed by atoms with E-state index >= 15 is 0 Å². The van der Waals surface area contributed by atoms with Crippen molar-refractivity contribution in [2.24, 2.45) is 0 Å². The lowest BCUT2D eigenvalue weighted by Gasteiger charge is -2.07. The smallest absolute Gasteiger partial charge is 0.253 e. The molecule has 0 saturated heterocycles. The Hall–Kier alpha value is -1.38. The van der Waals surface area contributed by atoms with Gasteiger partial charge >= 0.3 is 0 Å². The zero-order valence-corrected chi connectivity index (χ0v) is 11.2. The molecule has 1 rings (SSSR count). The molecule has 0 unspecified atom stereocenters. The quantitative estimate of drug-likeness (QED) is 0.639. The van der Waals surface area contributed by atoms with Crippen molar-refractivity contribution < 1.29 is 13.2 Å². The van der Waals surface area contributed by atoms with Gasteiger partial charge in [-0.25, -0.2) is 18.1 Å². The number of halogens is 1. The summed E-state index contributed by atoms with van der Waals surface area (Å²) in [6.45, 7) is 0.243. The molecule has 0 aliphatic rings. The van der Waals surface area contributed by atoms with E-state index in [0.29, 0.717) is 0 Å². The first-order chi connectivity index (χ1) is 8.29. The first-order valence-electron chi connectivity index (χ1n) is 4.93. The van der Waals surface area contributed by atoms with E-state index < -0.39 is 15.9 Å². The molecule has 0 atom stereocenters. The Morgan fingerprint density at radius 2 is 2.17 bits per heavy atom. The number of rotatable bonds is 5. The summed E-state index contributed by atoms with van der Waals surface area (Å²) in [5.41, 5.74) is 5.63. The molecular weight excluding hydrogens is 280 g/mol. The van der Waals surface area contributed by atoms with Crippen molar-refractivity contribution in [3.05, 3.63) is 22.8 Å². The van der Waals surface area contributed by atoms with Crippen molar-refractivity contribution in [3.63, 3.8) is 0 Å². The van der Waals surface area contributed by atoms with Crippen LogP contribution in [0.5, 0.6) is 0 Å². The predicted molar refractivity (Wildman–Crippen MR) is 68.8 cm³/mol. The van der Waals surface area contributed by atoms with Crippen LogP contribution in [0.3, 0.4) is 0 Å². The van der Waals surface area contributed by atoms with Crippen LogP contribution in [0.4, 0.5) is 5.82 Å². The van der Waals surface area contributed by atoms with Crippen LogP contribution in [-0.2, 0) is 10.0 Å². The van der Waals surface area contributed by atoms with E-state index in [0.717, 1.165) is 6.26 Å². The molecule has 1 aromatic rings. The Bertz CT molecular complexity index is 547. The summed E-state index contributed by atoms with van der Waals surface area (Å²) >= 11 is 5.79. The second-order valence-electron chi connectivity index (χ2n) is 3.51. The molecule has 18 heavy (non-hydrogen) atoms. The number of amides is 1. The molecule has 100 valence electrons. The van der Waals surface area contributed by atoms with Crippen LogP contribution in [0.2, 0.25) is 5.02 Å². The second kappa shape index (κ2) is 5.98. The zero-order chi connectivity index (χ0) is 13.8. The molecule has 4 N–H and O–H groups in total. The van der Waals surface area contributed by atoms with Gasteiger partial charge in [0.25, 0.3) is 5.91 Å². The number of nitrogen functional groups attached to an aromatic ring is 1. The number of aromatic nitrogens is 1. The molecule has 1 amide bonds. The average molecular weight is 293 g/mol. The monoisotopic (exact) mass is 292 g/mol. The van der Waals surface area contributed by atoms with E-state index in [2.05, 4.69) is 15.0 Å². The molecule has 0 spiro atoms. The summed E-state index contributed by atoms with van der Waals surface area (Å²) in [7, 11) is -3.26. The summed E-state index contributed by atoms with van der Waals surface area (Å²) in [5, 5.41) is 2.68. The molecule has 0 fully saturated rings. The van der Waals surface area contributed by atoms with Gasteiger partial charge in [-0.3, -0.25) is 4.79 Å². The Morgan fingerprint density at radius 3 is 2.78 bits per heavy atom. The molecule has 0 aliphatic carbocycles. The van der Waals surface area contributed by atoms with Gasteiger partial charge in [-0.1, -0.05) is 11.6 Å². The van der Waals surface area contributed by atoms with Crippen molar-refractivity contribution in [2.75, 3.05) is 25.1 Å². The normalized spacial score (nSPS) is 11.2. The molecular formula is C9H13ClN4O3S. The third-order valence-corrected chi connectivity index (χ3v) is 2.93.